The topological polar surface area (TPSA) is 81.9 Å². The van der Waals surface area contributed by atoms with Crippen LogP contribution in [-0.4, -0.2) is 25.7 Å². The molecule has 4 rings (SSSR count). The highest BCUT2D eigenvalue weighted by molar-refractivity contribution is 6.05. The summed E-state index contributed by atoms with van der Waals surface area (Å²) in [5.41, 5.74) is 3.74. The molecule has 0 aliphatic heterocycles. The van der Waals surface area contributed by atoms with Gasteiger partial charge in [-0.05, 0) is 24.6 Å². The van der Waals surface area contributed by atoms with E-state index in [1.807, 2.05) is 50.4 Å². The minimum atomic E-state index is -0.255. The van der Waals surface area contributed by atoms with Crippen LogP contribution in [0.2, 0.25) is 0 Å². The highest BCUT2D eigenvalue weighted by Gasteiger charge is 2.11. The van der Waals surface area contributed by atoms with E-state index in [4.69, 9.17) is 4.74 Å². The maximum atomic E-state index is 12.6. The number of carbonyl (C=O) groups is 1. The molecular formula is C21H19N5O2. The van der Waals surface area contributed by atoms with Gasteiger partial charge in [-0.1, -0.05) is 30.3 Å². The molecule has 7 nitrogen and oxygen atoms in total. The maximum Gasteiger partial charge on any atom is 0.255 e. The highest BCUT2D eigenvalue weighted by atomic mass is 16.5. The van der Waals surface area contributed by atoms with Crippen molar-refractivity contribution in [2.75, 3.05) is 5.32 Å². The lowest BCUT2D eigenvalue weighted by molar-refractivity contribution is 0.102. The lowest BCUT2D eigenvalue weighted by Crippen LogP contribution is -2.12. The van der Waals surface area contributed by atoms with E-state index in [1.54, 1.807) is 29.2 Å². The van der Waals surface area contributed by atoms with Crippen LogP contribution in [0.1, 0.15) is 21.6 Å². The molecule has 1 N–H and O–H groups in total. The van der Waals surface area contributed by atoms with Crippen LogP contribution in [0.4, 0.5) is 5.69 Å². The number of hydrogen-bond donors (Lipinski definition) is 1. The van der Waals surface area contributed by atoms with Crippen LogP contribution in [0.5, 0.6) is 5.88 Å². The molecule has 140 valence electrons. The van der Waals surface area contributed by atoms with Crippen LogP contribution in [0, 0.1) is 6.92 Å². The summed E-state index contributed by atoms with van der Waals surface area (Å²) < 4.78 is 7.41. The average Bonchev–Trinajstić information content (AvgIpc) is 3.00. The first-order valence-electron chi connectivity index (χ1n) is 8.83. The van der Waals surface area contributed by atoms with Gasteiger partial charge in [0.25, 0.3) is 5.91 Å². The van der Waals surface area contributed by atoms with Gasteiger partial charge in [-0.25, -0.2) is 9.97 Å². The van der Waals surface area contributed by atoms with Crippen molar-refractivity contribution in [3.63, 3.8) is 0 Å². The summed E-state index contributed by atoms with van der Waals surface area (Å²) in [6.45, 7) is 2.30. The molecule has 0 bridgehead atoms. The first-order valence-corrected chi connectivity index (χ1v) is 8.83. The smallest absolute Gasteiger partial charge is 0.255 e. The molecule has 0 spiro atoms. The van der Waals surface area contributed by atoms with E-state index in [-0.39, 0.29) is 5.91 Å². The predicted molar refractivity (Wildman–Crippen MR) is 106 cm³/mol. The van der Waals surface area contributed by atoms with Crippen molar-refractivity contribution in [3.8, 4) is 5.88 Å². The molecular weight excluding hydrogens is 354 g/mol. The highest BCUT2D eigenvalue weighted by Crippen LogP contribution is 2.20. The summed E-state index contributed by atoms with van der Waals surface area (Å²) in [6, 6.07) is 14.9. The lowest BCUT2D eigenvalue weighted by atomic mass is 10.2. The zero-order chi connectivity index (χ0) is 19.5. The molecule has 0 saturated carbocycles. The number of nitrogens with one attached hydrogen (secondary N) is 1. The number of carbonyl (C=O) groups excluding carboxylic acids is 1. The number of hydrogen-bond acceptors (Lipinski definition) is 5. The Bertz CT molecular complexity index is 1140. The molecule has 0 aliphatic rings. The van der Waals surface area contributed by atoms with E-state index in [0.717, 1.165) is 22.3 Å². The number of rotatable bonds is 5. The number of fused-ring (bicyclic) bond motifs is 1. The van der Waals surface area contributed by atoms with E-state index in [9.17, 15) is 4.79 Å². The van der Waals surface area contributed by atoms with E-state index < -0.39 is 0 Å². The molecule has 3 aromatic heterocycles. The fraction of sp³-hybridized carbons (Fsp3) is 0.143. The van der Waals surface area contributed by atoms with Gasteiger partial charge in [-0.2, -0.15) is 5.10 Å². The Hall–Kier alpha value is -3.74. The van der Waals surface area contributed by atoms with Gasteiger partial charge in [0.2, 0.25) is 5.88 Å². The van der Waals surface area contributed by atoms with Gasteiger partial charge in [0.1, 0.15) is 6.61 Å². The fourth-order valence-corrected chi connectivity index (χ4v) is 2.94. The molecule has 0 radical (unpaired) electrons. The molecule has 0 unspecified atom stereocenters. The zero-order valence-corrected chi connectivity index (χ0v) is 15.6. The SMILES string of the molecule is Cc1nn(C)c2ncc(NC(=O)c3ccnc(OCc4ccccc4)c3)cc12. The minimum Gasteiger partial charge on any atom is -0.473 e. The summed E-state index contributed by atoms with van der Waals surface area (Å²) >= 11 is 0. The molecule has 0 aliphatic carbocycles. The zero-order valence-electron chi connectivity index (χ0n) is 15.6. The molecule has 7 heteroatoms. The summed E-state index contributed by atoms with van der Waals surface area (Å²) in [5, 5.41) is 8.11. The summed E-state index contributed by atoms with van der Waals surface area (Å²) in [7, 11) is 1.84. The van der Waals surface area contributed by atoms with Crippen LogP contribution >= 0.6 is 0 Å². The number of benzene rings is 1. The Morgan fingerprint density at radius 2 is 1.96 bits per heavy atom. The monoisotopic (exact) mass is 373 g/mol. The van der Waals surface area contributed by atoms with Crippen molar-refractivity contribution >= 4 is 22.6 Å². The maximum absolute atomic E-state index is 12.6. The average molecular weight is 373 g/mol. The van der Waals surface area contributed by atoms with E-state index in [1.165, 1.54) is 0 Å². The third-order valence-corrected chi connectivity index (χ3v) is 4.35. The fourth-order valence-electron chi connectivity index (χ4n) is 2.94. The Kier molecular flexibility index (Phi) is 4.72. The quantitative estimate of drug-likeness (QED) is 0.579. The Balaban J connectivity index is 1.48. The Morgan fingerprint density at radius 3 is 2.79 bits per heavy atom. The van der Waals surface area contributed by atoms with Crippen LogP contribution in [0.15, 0.2) is 60.9 Å². The van der Waals surface area contributed by atoms with Crippen molar-refractivity contribution in [3.05, 3.63) is 77.7 Å². The van der Waals surface area contributed by atoms with Crippen LogP contribution < -0.4 is 10.1 Å². The predicted octanol–water partition coefficient (Wildman–Crippen LogP) is 3.50. The molecule has 0 fully saturated rings. The van der Waals surface area contributed by atoms with Gasteiger partial charge >= 0.3 is 0 Å². The number of anilines is 1. The van der Waals surface area contributed by atoms with Gasteiger partial charge < -0.3 is 10.1 Å². The second-order valence-electron chi connectivity index (χ2n) is 6.42. The molecule has 0 atom stereocenters. The molecule has 1 aromatic carbocycles. The van der Waals surface area contributed by atoms with Gasteiger partial charge in [0, 0.05) is 30.3 Å². The normalized spacial score (nSPS) is 10.8. The standard InChI is InChI=1S/C21H19N5O2/c1-14-18-11-17(12-23-20(18)26(2)25-14)24-21(27)16-8-9-22-19(10-16)28-13-15-6-4-3-5-7-15/h3-12H,13H2,1-2H3,(H,24,27). The van der Waals surface area contributed by atoms with Crippen molar-refractivity contribution in [2.45, 2.75) is 13.5 Å². The van der Waals surface area contributed by atoms with Gasteiger partial charge in [-0.3, -0.25) is 9.48 Å². The van der Waals surface area contributed by atoms with Gasteiger partial charge in [-0.15, -0.1) is 0 Å². The van der Waals surface area contributed by atoms with Gasteiger partial charge in [0.15, 0.2) is 5.65 Å². The van der Waals surface area contributed by atoms with Crippen LogP contribution in [-0.2, 0) is 13.7 Å². The molecule has 1 amide bonds. The number of ether oxygens (including phenoxy) is 1. The van der Waals surface area contributed by atoms with Crippen LogP contribution in [0.25, 0.3) is 11.0 Å². The molecule has 28 heavy (non-hydrogen) atoms. The second-order valence-corrected chi connectivity index (χ2v) is 6.42. The van der Waals surface area contributed by atoms with Gasteiger partial charge in [0.05, 0.1) is 17.6 Å². The van der Waals surface area contributed by atoms with E-state index in [0.29, 0.717) is 23.7 Å². The molecule has 0 saturated heterocycles. The third kappa shape index (κ3) is 3.68. The Labute approximate surface area is 162 Å². The first kappa shape index (κ1) is 17.7. The lowest BCUT2D eigenvalue weighted by Gasteiger charge is -2.08. The van der Waals surface area contributed by atoms with Crippen molar-refractivity contribution in [1.29, 1.82) is 0 Å². The number of amides is 1. The minimum absolute atomic E-state index is 0.255. The van der Waals surface area contributed by atoms with E-state index in [2.05, 4.69) is 20.4 Å². The first-order chi connectivity index (χ1) is 13.6. The number of pyridine rings is 2. The summed E-state index contributed by atoms with van der Waals surface area (Å²) in [4.78, 5) is 21.2. The number of aryl methyl sites for hydroxylation is 2. The van der Waals surface area contributed by atoms with Crippen LogP contribution in [0.3, 0.4) is 0 Å². The molecule has 4 aromatic rings. The third-order valence-electron chi connectivity index (χ3n) is 4.35. The Morgan fingerprint density at radius 1 is 1.14 bits per heavy atom. The second kappa shape index (κ2) is 7.48. The molecule has 3 heterocycles. The van der Waals surface area contributed by atoms with Crippen molar-refractivity contribution in [2.24, 2.45) is 7.05 Å². The van der Waals surface area contributed by atoms with Crippen molar-refractivity contribution in [1.82, 2.24) is 19.7 Å². The number of aromatic nitrogens is 4. The summed E-state index contributed by atoms with van der Waals surface area (Å²) in [6.07, 6.45) is 3.18. The largest absolute Gasteiger partial charge is 0.473 e. The van der Waals surface area contributed by atoms with Crippen molar-refractivity contribution < 1.29 is 9.53 Å². The summed E-state index contributed by atoms with van der Waals surface area (Å²) in [5.74, 6) is 0.142. The number of nitrogens with zero attached hydrogens (tertiary/aromatic N) is 4. The van der Waals surface area contributed by atoms with E-state index >= 15 is 0 Å².